The molecule has 2 aromatic heterocycles. The number of hydrogen-bond acceptors (Lipinski definition) is 5. The topological polar surface area (TPSA) is 94.3 Å². The van der Waals surface area contributed by atoms with Crippen LogP contribution in [0.4, 0.5) is 17.2 Å². The number of nitrogens with zero attached hydrogens (tertiary/aromatic N) is 3. The molecule has 4 aromatic rings. The van der Waals surface area contributed by atoms with Crippen molar-refractivity contribution in [2.45, 2.75) is 37.6 Å². The van der Waals surface area contributed by atoms with E-state index in [2.05, 4.69) is 10.4 Å². The molecule has 2 aromatic carbocycles. The van der Waals surface area contributed by atoms with E-state index in [4.69, 9.17) is 28.1 Å². The van der Waals surface area contributed by atoms with Gasteiger partial charge in [-0.05, 0) is 37.8 Å². The lowest BCUT2D eigenvalue weighted by Gasteiger charge is -2.24. The molecule has 6 nitrogen and oxygen atoms in total. The maximum absolute atomic E-state index is 6.37. The van der Waals surface area contributed by atoms with E-state index in [1.165, 1.54) is 0 Å². The molecule has 5 rings (SSSR count). The van der Waals surface area contributed by atoms with Crippen LogP contribution in [0.15, 0.2) is 48.7 Å². The van der Waals surface area contributed by atoms with Gasteiger partial charge < -0.3 is 16.8 Å². The molecule has 29 heavy (non-hydrogen) atoms. The van der Waals surface area contributed by atoms with Gasteiger partial charge in [-0.2, -0.15) is 0 Å². The van der Waals surface area contributed by atoms with Crippen LogP contribution in [0.5, 0.6) is 0 Å². The Morgan fingerprint density at radius 2 is 1.76 bits per heavy atom. The minimum Gasteiger partial charge on any atom is -0.382 e. The number of benzene rings is 2. The van der Waals surface area contributed by atoms with Crippen LogP contribution in [0.2, 0.25) is 5.02 Å². The predicted molar refractivity (Wildman–Crippen MR) is 119 cm³/mol. The highest BCUT2D eigenvalue weighted by Gasteiger charge is 2.23. The molecule has 148 valence electrons. The van der Waals surface area contributed by atoms with Crippen molar-refractivity contribution in [3.05, 3.63) is 59.4 Å². The Hall–Kier alpha value is -2.83. The first-order valence-electron chi connectivity index (χ1n) is 9.94. The Morgan fingerprint density at radius 3 is 2.55 bits per heavy atom. The number of nitrogens with one attached hydrogen (secondary N) is 1. The Morgan fingerprint density at radius 1 is 1.00 bits per heavy atom. The molecular weight excluding hydrogens is 384 g/mol. The second kappa shape index (κ2) is 7.21. The first-order chi connectivity index (χ1) is 14.1. The van der Waals surface area contributed by atoms with Crippen molar-refractivity contribution >= 4 is 45.2 Å². The number of fused-ring (bicyclic) bond motifs is 2. The summed E-state index contributed by atoms with van der Waals surface area (Å²) in [6.07, 6.45) is 6.19. The SMILES string of the molecule is Nc1cc(Nc2ccc(Cl)c3ccccc23)c2nc(C3CCC(N)CC3)cn2n1. The van der Waals surface area contributed by atoms with Crippen LogP contribution >= 0.6 is 11.6 Å². The number of anilines is 3. The van der Waals surface area contributed by atoms with Gasteiger partial charge in [-0.3, -0.25) is 0 Å². The third-order valence-corrected chi connectivity index (χ3v) is 6.12. The van der Waals surface area contributed by atoms with E-state index in [9.17, 15) is 0 Å². The van der Waals surface area contributed by atoms with Gasteiger partial charge in [0.05, 0.1) is 17.6 Å². The lowest BCUT2D eigenvalue weighted by Crippen LogP contribution is -2.25. The zero-order valence-corrected chi connectivity index (χ0v) is 16.7. The highest BCUT2D eigenvalue weighted by Crippen LogP contribution is 2.35. The Bertz CT molecular complexity index is 1190. The van der Waals surface area contributed by atoms with Gasteiger partial charge in [-0.1, -0.05) is 35.9 Å². The molecule has 0 atom stereocenters. The summed E-state index contributed by atoms with van der Waals surface area (Å²) in [5.41, 5.74) is 15.7. The number of rotatable bonds is 3. The number of aromatic nitrogens is 3. The van der Waals surface area contributed by atoms with Crippen molar-refractivity contribution in [2.75, 3.05) is 11.1 Å². The van der Waals surface area contributed by atoms with Gasteiger partial charge in [0.2, 0.25) is 0 Å². The first kappa shape index (κ1) is 18.2. The quantitative estimate of drug-likeness (QED) is 0.452. The summed E-state index contributed by atoms with van der Waals surface area (Å²) in [5.74, 6) is 0.856. The van der Waals surface area contributed by atoms with Crippen molar-refractivity contribution in [3.8, 4) is 0 Å². The van der Waals surface area contributed by atoms with Crippen LogP contribution in [0, 0.1) is 0 Å². The normalized spacial score (nSPS) is 19.7. The van der Waals surface area contributed by atoms with E-state index >= 15 is 0 Å². The Labute approximate surface area is 173 Å². The summed E-state index contributed by atoms with van der Waals surface area (Å²) in [6.45, 7) is 0. The fraction of sp³-hybridized carbons (Fsp3) is 0.273. The molecular formula is C22H23ClN6. The van der Waals surface area contributed by atoms with Gasteiger partial charge in [0.1, 0.15) is 5.82 Å². The zero-order valence-electron chi connectivity index (χ0n) is 16.0. The number of nitrogen functional groups attached to an aromatic ring is 1. The number of nitrogens with two attached hydrogens (primary N) is 2. The van der Waals surface area contributed by atoms with Crippen molar-refractivity contribution in [1.82, 2.24) is 14.6 Å². The molecule has 0 bridgehead atoms. The van der Waals surface area contributed by atoms with Crippen LogP contribution in [-0.4, -0.2) is 20.6 Å². The first-order valence-corrected chi connectivity index (χ1v) is 10.3. The number of halogens is 1. The highest BCUT2D eigenvalue weighted by atomic mass is 35.5. The molecule has 1 aliphatic carbocycles. The summed E-state index contributed by atoms with van der Waals surface area (Å²) in [6, 6.07) is 14.1. The molecule has 0 spiro atoms. The molecule has 2 heterocycles. The summed E-state index contributed by atoms with van der Waals surface area (Å²) >= 11 is 6.37. The summed E-state index contributed by atoms with van der Waals surface area (Å²) in [7, 11) is 0. The van der Waals surface area contributed by atoms with Crippen LogP contribution in [0.3, 0.4) is 0 Å². The van der Waals surface area contributed by atoms with Crippen LogP contribution < -0.4 is 16.8 Å². The smallest absolute Gasteiger partial charge is 0.177 e. The van der Waals surface area contributed by atoms with E-state index in [1.54, 1.807) is 4.52 Å². The third-order valence-electron chi connectivity index (χ3n) is 5.79. The average Bonchev–Trinajstić information content (AvgIpc) is 3.15. The summed E-state index contributed by atoms with van der Waals surface area (Å²) in [5, 5.41) is 10.7. The fourth-order valence-electron chi connectivity index (χ4n) is 4.23. The molecule has 0 unspecified atom stereocenters. The standard InChI is InChI=1S/C22H23ClN6/c23-17-9-10-18(16-4-2-1-3-15(16)17)26-19-11-21(25)28-29-12-20(27-22(19)29)13-5-7-14(24)8-6-13/h1-4,9-14,26H,5-8,24H2,(H2,25,28). The molecule has 0 radical (unpaired) electrons. The maximum Gasteiger partial charge on any atom is 0.177 e. The lowest BCUT2D eigenvalue weighted by atomic mass is 9.85. The van der Waals surface area contributed by atoms with Crippen molar-refractivity contribution in [3.63, 3.8) is 0 Å². The highest BCUT2D eigenvalue weighted by molar-refractivity contribution is 6.36. The van der Waals surface area contributed by atoms with E-state index in [0.717, 1.165) is 64.2 Å². The van der Waals surface area contributed by atoms with Crippen LogP contribution in [-0.2, 0) is 0 Å². The van der Waals surface area contributed by atoms with E-state index in [0.29, 0.717) is 17.8 Å². The Balaban J connectivity index is 1.56. The van der Waals surface area contributed by atoms with Gasteiger partial charge in [0, 0.05) is 39.5 Å². The monoisotopic (exact) mass is 406 g/mol. The largest absolute Gasteiger partial charge is 0.382 e. The fourth-order valence-corrected chi connectivity index (χ4v) is 4.46. The third kappa shape index (κ3) is 3.39. The van der Waals surface area contributed by atoms with Crippen molar-refractivity contribution < 1.29 is 0 Å². The molecule has 1 saturated carbocycles. The van der Waals surface area contributed by atoms with Gasteiger partial charge >= 0.3 is 0 Å². The van der Waals surface area contributed by atoms with E-state index in [-0.39, 0.29) is 0 Å². The second-order valence-corrected chi connectivity index (χ2v) is 8.20. The molecule has 1 aliphatic rings. The van der Waals surface area contributed by atoms with E-state index < -0.39 is 0 Å². The van der Waals surface area contributed by atoms with Crippen LogP contribution in [0.25, 0.3) is 16.4 Å². The lowest BCUT2D eigenvalue weighted by molar-refractivity contribution is 0.391. The van der Waals surface area contributed by atoms with Gasteiger partial charge in [0.25, 0.3) is 0 Å². The number of imidazole rings is 1. The van der Waals surface area contributed by atoms with E-state index in [1.807, 2.05) is 48.7 Å². The molecule has 7 heteroatoms. The molecule has 5 N–H and O–H groups in total. The second-order valence-electron chi connectivity index (χ2n) is 7.79. The molecule has 0 saturated heterocycles. The van der Waals surface area contributed by atoms with Crippen LogP contribution in [0.1, 0.15) is 37.3 Å². The Kier molecular flexibility index (Phi) is 4.53. The van der Waals surface area contributed by atoms with Crippen molar-refractivity contribution in [1.29, 1.82) is 0 Å². The van der Waals surface area contributed by atoms with Gasteiger partial charge in [-0.15, -0.1) is 5.10 Å². The zero-order chi connectivity index (χ0) is 20.0. The minimum absolute atomic E-state index is 0.312. The average molecular weight is 407 g/mol. The summed E-state index contributed by atoms with van der Waals surface area (Å²) in [4.78, 5) is 4.91. The van der Waals surface area contributed by atoms with Gasteiger partial charge in [0.15, 0.2) is 5.65 Å². The molecule has 0 amide bonds. The van der Waals surface area contributed by atoms with Crippen molar-refractivity contribution in [2.24, 2.45) is 5.73 Å². The van der Waals surface area contributed by atoms with Gasteiger partial charge in [-0.25, -0.2) is 9.50 Å². The predicted octanol–water partition coefficient (Wildman–Crippen LogP) is 4.85. The molecule has 1 fully saturated rings. The maximum atomic E-state index is 6.37. The molecule has 0 aliphatic heterocycles. The minimum atomic E-state index is 0.312. The number of hydrogen-bond donors (Lipinski definition) is 3. The summed E-state index contributed by atoms with van der Waals surface area (Å²) < 4.78 is 1.78.